The maximum absolute atomic E-state index is 5.80. The van der Waals surface area contributed by atoms with E-state index < -0.39 is 0 Å². The summed E-state index contributed by atoms with van der Waals surface area (Å²) < 4.78 is 11.3. The molecule has 0 aromatic heterocycles. The van der Waals surface area contributed by atoms with Gasteiger partial charge in [-0.25, -0.2) is 0 Å². The van der Waals surface area contributed by atoms with E-state index in [4.69, 9.17) is 32.4 Å². The summed E-state index contributed by atoms with van der Waals surface area (Å²) in [4.78, 5) is 0. The van der Waals surface area contributed by atoms with Crippen LogP contribution in [0.2, 0.25) is 0 Å². The molecule has 6 heteroatoms. The topological polar surface area (TPSA) is 123 Å². The lowest BCUT2D eigenvalue weighted by molar-refractivity contribution is 0.485. The minimum absolute atomic E-state index is 0.526. The summed E-state index contributed by atoms with van der Waals surface area (Å²) in [6.45, 7) is 7.39. The Morgan fingerprint density at radius 3 is 1.47 bits per heavy atom. The first-order chi connectivity index (χ1) is 16.4. The molecular weight excluding hydrogens is 424 g/mol. The summed E-state index contributed by atoms with van der Waals surface area (Å²) in [5, 5.41) is 0. The van der Waals surface area contributed by atoms with Gasteiger partial charge >= 0.3 is 0 Å². The molecule has 0 bridgehead atoms. The van der Waals surface area contributed by atoms with Gasteiger partial charge in [0.05, 0.1) is 11.4 Å². The van der Waals surface area contributed by atoms with Crippen molar-refractivity contribution >= 4 is 34.9 Å². The third-order valence-corrected chi connectivity index (χ3v) is 4.76. The highest BCUT2D eigenvalue weighted by atomic mass is 16.5. The summed E-state index contributed by atoms with van der Waals surface area (Å²) in [7, 11) is 0. The summed E-state index contributed by atoms with van der Waals surface area (Å²) in [5.74, 6) is 2.61. The minimum Gasteiger partial charge on any atom is -0.455 e. The Balaban J connectivity index is 0.000000191. The van der Waals surface area contributed by atoms with E-state index >= 15 is 0 Å². The molecule has 0 fully saturated rings. The zero-order valence-corrected chi connectivity index (χ0v) is 18.8. The zero-order valence-electron chi connectivity index (χ0n) is 18.8. The van der Waals surface area contributed by atoms with Gasteiger partial charge in [-0.1, -0.05) is 49.6 Å². The maximum atomic E-state index is 5.80. The van der Waals surface area contributed by atoms with Gasteiger partial charge in [-0.15, -0.1) is 0 Å². The highest BCUT2D eigenvalue weighted by Gasteiger charge is 2.03. The quantitative estimate of drug-likeness (QED) is 0.245. The molecule has 0 aliphatic carbocycles. The number of hydrogen-bond acceptors (Lipinski definition) is 6. The average molecular weight is 453 g/mol. The highest BCUT2D eigenvalue weighted by Crippen LogP contribution is 2.30. The van der Waals surface area contributed by atoms with Crippen LogP contribution in [0.15, 0.2) is 98.1 Å². The van der Waals surface area contributed by atoms with Crippen LogP contribution < -0.4 is 32.4 Å². The molecule has 172 valence electrons. The molecular formula is C28H28N4O2. The van der Waals surface area contributed by atoms with E-state index in [1.54, 1.807) is 48.6 Å². The molecule has 0 atom stereocenters. The standard InChI is InChI=1S/2C14H14N2O/c1-2-10-3-6-12(7-4-10)17-14-8-5-11(15)9-13(14)16;1-2-10-3-6-12(7-4-10)17-14-9-11(15)5-8-13(14)16/h2*2-9H,1,15-16H2. The van der Waals surface area contributed by atoms with Crippen LogP contribution in [-0.4, -0.2) is 0 Å². The van der Waals surface area contributed by atoms with Gasteiger partial charge in [0.2, 0.25) is 0 Å². The Bertz CT molecular complexity index is 1270. The molecule has 34 heavy (non-hydrogen) atoms. The van der Waals surface area contributed by atoms with Crippen LogP contribution in [0.25, 0.3) is 12.2 Å². The molecule has 0 amide bonds. The molecule has 0 unspecified atom stereocenters. The number of nitrogen functional groups attached to an aromatic ring is 4. The lowest BCUT2D eigenvalue weighted by atomic mass is 10.2. The minimum atomic E-state index is 0.526. The van der Waals surface area contributed by atoms with Gasteiger partial charge in [-0.2, -0.15) is 0 Å². The van der Waals surface area contributed by atoms with Gasteiger partial charge in [-0.05, 0) is 65.7 Å². The Hall–Kier alpha value is -4.84. The smallest absolute Gasteiger partial charge is 0.152 e. The van der Waals surface area contributed by atoms with Crippen molar-refractivity contribution in [2.24, 2.45) is 0 Å². The van der Waals surface area contributed by atoms with Crippen molar-refractivity contribution in [1.29, 1.82) is 0 Å². The van der Waals surface area contributed by atoms with Crippen molar-refractivity contribution in [3.05, 3.63) is 109 Å². The second-order valence-corrected chi connectivity index (χ2v) is 7.34. The van der Waals surface area contributed by atoms with Crippen LogP contribution in [0.3, 0.4) is 0 Å². The predicted molar refractivity (Wildman–Crippen MR) is 144 cm³/mol. The Morgan fingerprint density at radius 1 is 0.500 bits per heavy atom. The van der Waals surface area contributed by atoms with E-state index in [1.165, 1.54) is 0 Å². The van der Waals surface area contributed by atoms with E-state index in [0.29, 0.717) is 40.0 Å². The number of nitrogens with two attached hydrogens (primary N) is 4. The van der Waals surface area contributed by atoms with Crippen LogP contribution in [0, 0.1) is 0 Å². The summed E-state index contributed by atoms with van der Waals surface area (Å²) in [6.07, 6.45) is 3.56. The van der Waals surface area contributed by atoms with Crippen LogP contribution in [0.1, 0.15) is 11.1 Å². The first-order valence-corrected chi connectivity index (χ1v) is 10.5. The molecule has 0 radical (unpaired) electrons. The van der Waals surface area contributed by atoms with E-state index in [-0.39, 0.29) is 0 Å². The molecule has 4 aromatic carbocycles. The fourth-order valence-electron chi connectivity index (χ4n) is 2.90. The largest absolute Gasteiger partial charge is 0.455 e. The van der Waals surface area contributed by atoms with Crippen LogP contribution in [0.4, 0.5) is 22.7 Å². The molecule has 6 nitrogen and oxygen atoms in total. The molecule has 0 heterocycles. The van der Waals surface area contributed by atoms with Gasteiger partial charge in [-0.3, -0.25) is 0 Å². The van der Waals surface area contributed by atoms with Gasteiger partial charge < -0.3 is 32.4 Å². The number of ether oxygens (including phenoxy) is 2. The van der Waals surface area contributed by atoms with Crippen molar-refractivity contribution in [1.82, 2.24) is 0 Å². The SMILES string of the molecule is C=Cc1ccc(Oc2cc(N)ccc2N)cc1.C=Cc1ccc(Oc2ccc(N)cc2N)cc1. The van der Waals surface area contributed by atoms with E-state index in [1.807, 2.05) is 48.5 Å². The van der Waals surface area contributed by atoms with Crippen molar-refractivity contribution in [3.8, 4) is 23.0 Å². The Labute approximate surface area is 199 Å². The fraction of sp³-hybridized carbons (Fsp3) is 0. The molecule has 0 aliphatic rings. The maximum Gasteiger partial charge on any atom is 0.152 e. The second-order valence-electron chi connectivity index (χ2n) is 7.34. The van der Waals surface area contributed by atoms with Gasteiger partial charge in [0, 0.05) is 17.4 Å². The molecule has 0 aliphatic heterocycles. The molecule has 0 saturated carbocycles. The number of hydrogen-bond donors (Lipinski definition) is 4. The third-order valence-electron chi connectivity index (χ3n) is 4.76. The van der Waals surface area contributed by atoms with Gasteiger partial charge in [0.25, 0.3) is 0 Å². The van der Waals surface area contributed by atoms with E-state index in [2.05, 4.69) is 13.2 Å². The normalized spacial score (nSPS) is 9.88. The van der Waals surface area contributed by atoms with Crippen molar-refractivity contribution in [2.75, 3.05) is 22.9 Å². The van der Waals surface area contributed by atoms with Gasteiger partial charge in [0.1, 0.15) is 17.2 Å². The summed E-state index contributed by atoms with van der Waals surface area (Å²) in [5.41, 5.74) is 27.3. The Kier molecular flexibility index (Phi) is 7.81. The van der Waals surface area contributed by atoms with Crippen LogP contribution in [-0.2, 0) is 0 Å². The lowest BCUT2D eigenvalue weighted by Crippen LogP contribution is -1.94. The van der Waals surface area contributed by atoms with Crippen LogP contribution in [0.5, 0.6) is 23.0 Å². The highest BCUT2D eigenvalue weighted by molar-refractivity contribution is 5.62. The number of rotatable bonds is 6. The first-order valence-electron chi connectivity index (χ1n) is 10.5. The summed E-state index contributed by atoms with van der Waals surface area (Å²) in [6, 6.07) is 25.5. The molecule has 8 N–H and O–H groups in total. The monoisotopic (exact) mass is 452 g/mol. The first kappa shape index (κ1) is 23.8. The number of benzene rings is 4. The molecule has 4 aromatic rings. The van der Waals surface area contributed by atoms with Crippen LogP contribution >= 0.6 is 0 Å². The van der Waals surface area contributed by atoms with E-state index in [9.17, 15) is 0 Å². The fourth-order valence-corrected chi connectivity index (χ4v) is 2.90. The van der Waals surface area contributed by atoms with Crippen molar-refractivity contribution < 1.29 is 9.47 Å². The third kappa shape index (κ3) is 6.58. The van der Waals surface area contributed by atoms with E-state index in [0.717, 1.165) is 16.9 Å². The van der Waals surface area contributed by atoms with Crippen molar-refractivity contribution in [3.63, 3.8) is 0 Å². The van der Waals surface area contributed by atoms with Crippen molar-refractivity contribution in [2.45, 2.75) is 0 Å². The summed E-state index contributed by atoms with van der Waals surface area (Å²) >= 11 is 0. The number of anilines is 4. The second kappa shape index (κ2) is 11.2. The zero-order chi connectivity index (χ0) is 24.5. The molecule has 4 rings (SSSR count). The van der Waals surface area contributed by atoms with Gasteiger partial charge in [0.15, 0.2) is 5.75 Å². The predicted octanol–water partition coefficient (Wildman–Crippen LogP) is 6.57. The Morgan fingerprint density at radius 2 is 0.971 bits per heavy atom. The average Bonchev–Trinajstić information content (AvgIpc) is 2.84. The molecule has 0 spiro atoms. The molecule has 0 saturated heterocycles. The lowest BCUT2D eigenvalue weighted by Gasteiger charge is -2.09.